The van der Waals surface area contributed by atoms with Crippen molar-refractivity contribution in [1.29, 1.82) is 0 Å². The Morgan fingerprint density at radius 2 is 1.86 bits per heavy atom. The molecule has 0 bridgehead atoms. The molecule has 0 aliphatic heterocycles. The predicted octanol–water partition coefficient (Wildman–Crippen LogP) is 0.971. The summed E-state index contributed by atoms with van der Waals surface area (Å²) in [7, 11) is 0. The molecule has 1 aromatic carbocycles. The number of hydrogen-bond acceptors (Lipinski definition) is 2. The molecule has 0 atom stereocenters. The van der Waals surface area contributed by atoms with E-state index in [4.69, 9.17) is 5.73 Å². The number of nitrogens with zero attached hydrogens (tertiary/aromatic N) is 2. The number of fused-ring (bicyclic) bond motifs is 1. The van der Waals surface area contributed by atoms with Crippen LogP contribution in [0.25, 0.3) is 11.0 Å². The van der Waals surface area contributed by atoms with Crippen LogP contribution in [0.5, 0.6) is 0 Å². The topological polar surface area (TPSA) is 75.3 Å². The molecule has 0 unspecified atom stereocenters. The third-order valence-electron chi connectivity index (χ3n) is 1.72. The molecule has 0 aliphatic carbocycles. The fourth-order valence-corrected chi connectivity index (χ4v) is 1.16. The average molecular weight is 238 g/mol. The van der Waals surface area contributed by atoms with Gasteiger partial charge in [-0.1, -0.05) is 12.1 Å². The lowest BCUT2D eigenvalue weighted by Gasteiger charge is -1.96. The zero-order valence-electron chi connectivity index (χ0n) is 7.38. The van der Waals surface area contributed by atoms with Gasteiger partial charge in [0.15, 0.2) is 0 Å². The van der Waals surface area contributed by atoms with Crippen LogP contribution in [-0.2, 0) is 6.67 Å². The van der Waals surface area contributed by atoms with E-state index in [-0.39, 0.29) is 30.3 Å². The molecule has 6 heteroatoms. The van der Waals surface area contributed by atoms with Crippen molar-refractivity contribution in [1.82, 2.24) is 9.55 Å². The summed E-state index contributed by atoms with van der Waals surface area (Å²) >= 11 is 0. The molecule has 1 aromatic heterocycles. The first kappa shape index (κ1) is 15.7. The highest BCUT2D eigenvalue weighted by atomic mass is 35.5. The van der Waals surface area contributed by atoms with Gasteiger partial charge >= 0.3 is 0 Å². The maximum atomic E-state index is 5.48. The average Bonchev–Trinajstić information content (AvgIpc) is 2.47. The van der Waals surface area contributed by atoms with Crippen molar-refractivity contribution in [2.75, 3.05) is 0 Å². The lowest BCUT2D eigenvalue weighted by atomic mass is 10.3. The Kier molecular flexibility index (Phi) is 7.40. The minimum absolute atomic E-state index is 0. The maximum absolute atomic E-state index is 5.48. The van der Waals surface area contributed by atoms with Gasteiger partial charge in [-0.15, -0.1) is 24.8 Å². The van der Waals surface area contributed by atoms with Gasteiger partial charge in [0, 0.05) is 0 Å². The van der Waals surface area contributed by atoms with E-state index in [1.165, 1.54) is 0 Å². The van der Waals surface area contributed by atoms with Crippen molar-refractivity contribution in [2.24, 2.45) is 5.73 Å². The SMILES string of the molecule is Cl.Cl.NCn1cnc2ccccc21.O. The van der Waals surface area contributed by atoms with Gasteiger partial charge in [0.2, 0.25) is 0 Å². The Bertz CT molecular complexity index is 377. The van der Waals surface area contributed by atoms with Gasteiger partial charge < -0.3 is 15.8 Å². The largest absolute Gasteiger partial charge is 0.412 e. The van der Waals surface area contributed by atoms with Crippen molar-refractivity contribution >= 4 is 35.8 Å². The van der Waals surface area contributed by atoms with E-state index in [1.54, 1.807) is 6.33 Å². The normalized spacial score (nSPS) is 8.36. The van der Waals surface area contributed by atoms with Crippen molar-refractivity contribution in [3.8, 4) is 0 Å². The zero-order chi connectivity index (χ0) is 7.68. The molecule has 0 radical (unpaired) electrons. The second-order valence-corrected chi connectivity index (χ2v) is 2.39. The molecule has 0 saturated carbocycles. The van der Waals surface area contributed by atoms with E-state index < -0.39 is 0 Å². The quantitative estimate of drug-likeness (QED) is 0.803. The molecule has 1 heterocycles. The fourth-order valence-electron chi connectivity index (χ4n) is 1.16. The summed E-state index contributed by atoms with van der Waals surface area (Å²) in [5, 5.41) is 0. The molecule has 14 heavy (non-hydrogen) atoms. The molecule has 0 spiro atoms. The Balaban J connectivity index is 0. The summed E-state index contributed by atoms with van der Waals surface area (Å²) in [6, 6.07) is 7.93. The molecule has 2 aromatic rings. The number of para-hydroxylation sites is 2. The number of rotatable bonds is 1. The second kappa shape index (κ2) is 6.62. The fraction of sp³-hybridized carbons (Fsp3) is 0.125. The van der Waals surface area contributed by atoms with E-state index in [1.807, 2.05) is 28.8 Å². The molecule has 4 N–H and O–H groups in total. The molecule has 80 valence electrons. The molecule has 2 rings (SSSR count). The first-order valence-corrected chi connectivity index (χ1v) is 3.52. The summed E-state index contributed by atoms with van der Waals surface area (Å²) in [5.41, 5.74) is 7.57. The molecule has 0 fully saturated rings. The van der Waals surface area contributed by atoms with Crippen molar-refractivity contribution in [3.05, 3.63) is 30.6 Å². The summed E-state index contributed by atoms with van der Waals surface area (Å²) in [6.07, 6.45) is 1.75. The van der Waals surface area contributed by atoms with Crippen LogP contribution in [0.1, 0.15) is 0 Å². The van der Waals surface area contributed by atoms with E-state index >= 15 is 0 Å². The lowest BCUT2D eigenvalue weighted by molar-refractivity contribution is 0.755. The van der Waals surface area contributed by atoms with Gasteiger partial charge in [-0.05, 0) is 12.1 Å². The van der Waals surface area contributed by atoms with Gasteiger partial charge in [0.25, 0.3) is 0 Å². The van der Waals surface area contributed by atoms with E-state index in [0.717, 1.165) is 11.0 Å². The highest BCUT2D eigenvalue weighted by Crippen LogP contribution is 2.09. The van der Waals surface area contributed by atoms with Crippen molar-refractivity contribution in [2.45, 2.75) is 6.67 Å². The number of halogens is 2. The van der Waals surface area contributed by atoms with Crippen LogP contribution in [0.4, 0.5) is 0 Å². The molecule has 0 amide bonds. The Morgan fingerprint density at radius 3 is 2.50 bits per heavy atom. The smallest absolute Gasteiger partial charge is 0.0969 e. The zero-order valence-corrected chi connectivity index (χ0v) is 9.02. The summed E-state index contributed by atoms with van der Waals surface area (Å²) in [4.78, 5) is 4.17. The standard InChI is InChI=1S/C8H9N3.2ClH.H2O/c9-5-11-6-10-7-3-1-2-4-8(7)11;;;/h1-4,6H,5,9H2;2*1H;1H2. The Morgan fingerprint density at radius 1 is 1.21 bits per heavy atom. The minimum Gasteiger partial charge on any atom is -0.412 e. The molecule has 0 aliphatic rings. The van der Waals surface area contributed by atoms with Crippen molar-refractivity contribution in [3.63, 3.8) is 0 Å². The third kappa shape index (κ3) is 2.59. The summed E-state index contributed by atoms with van der Waals surface area (Å²) in [6.45, 7) is 0.487. The molecule has 4 nitrogen and oxygen atoms in total. The number of benzene rings is 1. The van der Waals surface area contributed by atoms with Crippen LogP contribution in [0, 0.1) is 0 Å². The van der Waals surface area contributed by atoms with Gasteiger partial charge in [0.1, 0.15) is 0 Å². The summed E-state index contributed by atoms with van der Waals surface area (Å²) < 4.78 is 1.91. The van der Waals surface area contributed by atoms with Crippen LogP contribution in [0.2, 0.25) is 0 Å². The van der Waals surface area contributed by atoms with Gasteiger partial charge in [0.05, 0.1) is 24.0 Å². The molecular formula is C8H13Cl2N3O. The lowest BCUT2D eigenvalue weighted by Crippen LogP contribution is -2.04. The van der Waals surface area contributed by atoms with Crippen LogP contribution in [0.3, 0.4) is 0 Å². The number of hydrogen-bond donors (Lipinski definition) is 1. The van der Waals surface area contributed by atoms with Gasteiger partial charge in [-0.25, -0.2) is 4.98 Å². The number of aromatic nitrogens is 2. The van der Waals surface area contributed by atoms with E-state index in [9.17, 15) is 0 Å². The van der Waals surface area contributed by atoms with Crippen molar-refractivity contribution < 1.29 is 5.48 Å². The highest BCUT2D eigenvalue weighted by molar-refractivity contribution is 5.85. The van der Waals surface area contributed by atoms with Crippen LogP contribution in [0.15, 0.2) is 30.6 Å². The van der Waals surface area contributed by atoms with Crippen LogP contribution in [-0.4, -0.2) is 15.0 Å². The molecular weight excluding hydrogens is 225 g/mol. The highest BCUT2D eigenvalue weighted by Gasteiger charge is 1.96. The van der Waals surface area contributed by atoms with Crippen LogP contribution < -0.4 is 5.73 Å². The predicted molar refractivity (Wildman–Crippen MR) is 62.0 cm³/mol. The van der Waals surface area contributed by atoms with E-state index in [2.05, 4.69) is 4.98 Å². The second-order valence-electron chi connectivity index (χ2n) is 2.39. The maximum Gasteiger partial charge on any atom is 0.0969 e. The first-order chi connectivity index (χ1) is 5.42. The Labute approximate surface area is 94.2 Å². The minimum atomic E-state index is 0. The van der Waals surface area contributed by atoms with Crippen LogP contribution >= 0.6 is 24.8 Å². The van der Waals surface area contributed by atoms with Gasteiger partial charge in [-0.2, -0.15) is 0 Å². The van der Waals surface area contributed by atoms with Gasteiger partial charge in [-0.3, -0.25) is 0 Å². The van der Waals surface area contributed by atoms with E-state index in [0.29, 0.717) is 6.67 Å². The monoisotopic (exact) mass is 237 g/mol. The summed E-state index contributed by atoms with van der Waals surface area (Å²) in [5.74, 6) is 0. The third-order valence-corrected chi connectivity index (χ3v) is 1.72. The Hall–Kier alpha value is -0.810. The molecule has 0 saturated heterocycles. The number of imidazole rings is 1. The number of nitrogens with two attached hydrogens (primary N) is 1. The first-order valence-electron chi connectivity index (χ1n) is 3.52.